The Morgan fingerprint density at radius 3 is 2.70 bits per heavy atom. The average Bonchev–Trinajstić information content (AvgIpc) is 2.49. The van der Waals surface area contributed by atoms with Crippen LogP contribution >= 0.6 is 0 Å². The molecule has 1 aliphatic heterocycles. The van der Waals surface area contributed by atoms with Crippen molar-refractivity contribution < 1.29 is 0 Å². The fraction of sp³-hybridized carbons (Fsp3) is 0.467. The molecule has 0 spiro atoms. The van der Waals surface area contributed by atoms with Crippen molar-refractivity contribution in [3.63, 3.8) is 0 Å². The highest BCUT2D eigenvalue weighted by Gasteiger charge is 2.20. The number of nitrogens with zero attached hydrogens (tertiary/aromatic N) is 5. The largest absolute Gasteiger partial charge is 0.356 e. The van der Waals surface area contributed by atoms with Gasteiger partial charge < -0.3 is 4.90 Å². The summed E-state index contributed by atoms with van der Waals surface area (Å²) in [5.74, 6) is 1.75. The van der Waals surface area contributed by atoms with Gasteiger partial charge in [-0.25, -0.2) is 9.97 Å². The molecule has 0 atom stereocenters. The number of aromatic nitrogens is 4. The third-order valence-corrected chi connectivity index (χ3v) is 3.84. The van der Waals surface area contributed by atoms with Gasteiger partial charge in [-0.15, -0.1) is 0 Å². The van der Waals surface area contributed by atoms with Gasteiger partial charge in [-0.3, -0.25) is 9.97 Å². The van der Waals surface area contributed by atoms with E-state index in [1.807, 2.05) is 13.1 Å². The van der Waals surface area contributed by atoms with Crippen LogP contribution in [0.15, 0.2) is 31.0 Å². The monoisotopic (exact) mass is 269 g/mol. The lowest BCUT2D eigenvalue weighted by atomic mass is 9.92. The van der Waals surface area contributed by atoms with E-state index in [0.29, 0.717) is 5.92 Å². The van der Waals surface area contributed by atoms with Crippen molar-refractivity contribution in [3.05, 3.63) is 42.4 Å². The summed E-state index contributed by atoms with van der Waals surface area (Å²) in [5.41, 5.74) is 2.13. The molecule has 0 aromatic carbocycles. The topological polar surface area (TPSA) is 54.8 Å². The van der Waals surface area contributed by atoms with Crippen molar-refractivity contribution in [2.75, 3.05) is 18.0 Å². The number of anilines is 1. The summed E-state index contributed by atoms with van der Waals surface area (Å²) in [4.78, 5) is 19.4. The van der Waals surface area contributed by atoms with Gasteiger partial charge in [0.15, 0.2) is 0 Å². The molecular weight excluding hydrogens is 250 g/mol. The second-order valence-electron chi connectivity index (χ2n) is 5.35. The number of rotatable bonds is 3. The first-order valence-corrected chi connectivity index (χ1v) is 7.10. The molecule has 20 heavy (non-hydrogen) atoms. The van der Waals surface area contributed by atoms with E-state index in [4.69, 9.17) is 0 Å². The molecule has 0 saturated carbocycles. The summed E-state index contributed by atoms with van der Waals surface area (Å²) in [6, 6.07) is 2.06. The molecule has 0 aliphatic carbocycles. The predicted molar refractivity (Wildman–Crippen MR) is 77.4 cm³/mol. The Bertz CT molecular complexity index is 549. The van der Waals surface area contributed by atoms with Crippen LogP contribution in [0.2, 0.25) is 0 Å². The summed E-state index contributed by atoms with van der Waals surface area (Å²) in [5, 5.41) is 0. The lowest BCUT2D eigenvalue weighted by Gasteiger charge is -2.32. The van der Waals surface area contributed by atoms with Crippen molar-refractivity contribution in [1.29, 1.82) is 0 Å². The summed E-state index contributed by atoms with van der Waals surface area (Å²) < 4.78 is 0. The number of piperidine rings is 1. The van der Waals surface area contributed by atoms with E-state index < -0.39 is 0 Å². The molecule has 0 amide bonds. The molecule has 0 radical (unpaired) electrons. The maximum Gasteiger partial charge on any atom is 0.132 e. The van der Waals surface area contributed by atoms with E-state index in [0.717, 1.165) is 36.7 Å². The summed E-state index contributed by atoms with van der Waals surface area (Å²) in [6.07, 6.45) is 10.4. The quantitative estimate of drug-likeness (QED) is 0.853. The highest BCUT2D eigenvalue weighted by Crippen LogP contribution is 2.23. The number of hydrogen-bond donors (Lipinski definition) is 0. The Morgan fingerprint density at radius 2 is 2.00 bits per heavy atom. The van der Waals surface area contributed by atoms with Crippen LogP contribution < -0.4 is 4.90 Å². The molecule has 1 fully saturated rings. The van der Waals surface area contributed by atoms with Crippen LogP contribution in [0.3, 0.4) is 0 Å². The van der Waals surface area contributed by atoms with Crippen LogP contribution in [0, 0.1) is 12.8 Å². The lowest BCUT2D eigenvalue weighted by Crippen LogP contribution is -2.35. The van der Waals surface area contributed by atoms with Crippen LogP contribution in [-0.2, 0) is 6.42 Å². The normalized spacial score (nSPS) is 16.4. The molecular formula is C15H19N5. The third-order valence-electron chi connectivity index (χ3n) is 3.84. The molecule has 0 N–H and O–H groups in total. The molecule has 104 valence electrons. The minimum Gasteiger partial charge on any atom is -0.356 e. The highest BCUT2D eigenvalue weighted by atomic mass is 15.2. The fourth-order valence-corrected chi connectivity index (χ4v) is 2.71. The van der Waals surface area contributed by atoms with Gasteiger partial charge in [-0.2, -0.15) is 0 Å². The fourth-order valence-electron chi connectivity index (χ4n) is 2.71. The van der Waals surface area contributed by atoms with Crippen LogP contribution in [0.1, 0.15) is 24.2 Å². The van der Waals surface area contributed by atoms with Gasteiger partial charge in [0.1, 0.15) is 12.1 Å². The van der Waals surface area contributed by atoms with Gasteiger partial charge in [0.05, 0.1) is 5.69 Å². The zero-order chi connectivity index (χ0) is 13.8. The summed E-state index contributed by atoms with van der Waals surface area (Å²) in [6.45, 7) is 4.12. The van der Waals surface area contributed by atoms with Crippen LogP contribution in [0.25, 0.3) is 0 Å². The second kappa shape index (κ2) is 5.94. The van der Waals surface area contributed by atoms with E-state index >= 15 is 0 Å². The number of hydrogen-bond acceptors (Lipinski definition) is 5. The van der Waals surface area contributed by atoms with E-state index in [2.05, 4.69) is 30.9 Å². The van der Waals surface area contributed by atoms with Crippen molar-refractivity contribution >= 4 is 5.82 Å². The first-order chi connectivity index (χ1) is 9.81. The van der Waals surface area contributed by atoms with Crippen molar-refractivity contribution in [2.45, 2.75) is 26.2 Å². The Hall–Kier alpha value is -2.04. The molecule has 1 saturated heterocycles. The zero-order valence-electron chi connectivity index (χ0n) is 11.7. The molecule has 3 heterocycles. The van der Waals surface area contributed by atoms with Gasteiger partial charge in [-0.1, -0.05) is 0 Å². The first-order valence-electron chi connectivity index (χ1n) is 7.10. The lowest BCUT2D eigenvalue weighted by molar-refractivity contribution is 0.398. The number of aryl methyl sites for hydroxylation is 1. The Balaban J connectivity index is 1.57. The van der Waals surface area contributed by atoms with Crippen LogP contribution in [0.4, 0.5) is 5.82 Å². The maximum absolute atomic E-state index is 4.36. The molecule has 0 unspecified atom stereocenters. The Morgan fingerprint density at radius 1 is 1.15 bits per heavy atom. The van der Waals surface area contributed by atoms with Crippen molar-refractivity contribution in [3.8, 4) is 0 Å². The van der Waals surface area contributed by atoms with E-state index in [-0.39, 0.29) is 0 Å². The third kappa shape index (κ3) is 3.10. The van der Waals surface area contributed by atoms with E-state index in [1.165, 1.54) is 12.8 Å². The Kier molecular flexibility index (Phi) is 3.85. The molecule has 2 aromatic heterocycles. The summed E-state index contributed by atoms with van der Waals surface area (Å²) >= 11 is 0. The summed E-state index contributed by atoms with van der Waals surface area (Å²) in [7, 11) is 0. The van der Waals surface area contributed by atoms with Crippen LogP contribution in [-0.4, -0.2) is 33.0 Å². The molecule has 5 nitrogen and oxygen atoms in total. The maximum atomic E-state index is 4.36. The van der Waals surface area contributed by atoms with Gasteiger partial charge >= 0.3 is 0 Å². The van der Waals surface area contributed by atoms with Gasteiger partial charge in [-0.05, 0) is 32.1 Å². The standard InChI is InChI=1S/C15H19N5/c1-12-8-15(19-11-18-12)20-6-2-13(3-7-20)9-14-10-16-4-5-17-14/h4-5,8,10-11,13H,2-3,6-7,9H2,1H3. The molecule has 2 aromatic rings. The molecule has 0 bridgehead atoms. The molecule has 5 heteroatoms. The molecule has 1 aliphatic rings. The predicted octanol–water partition coefficient (Wildman–Crippen LogP) is 2.03. The van der Waals surface area contributed by atoms with Gasteiger partial charge in [0.25, 0.3) is 0 Å². The average molecular weight is 269 g/mol. The smallest absolute Gasteiger partial charge is 0.132 e. The van der Waals surface area contributed by atoms with E-state index in [1.54, 1.807) is 18.7 Å². The minimum absolute atomic E-state index is 0.700. The first kappa shape index (κ1) is 13.0. The van der Waals surface area contributed by atoms with Gasteiger partial charge in [0, 0.05) is 43.4 Å². The second-order valence-corrected chi connectivity index (χ2v) is 5.35. The molecule has 3 rings (SSSR count). The zero-order valence-corrected chi connectivity index (χ0v) is 11.7. The SMILES string of the molecule is Cc1cc(N2CCC(Cc3cnccn3)CC2)ncn1. The van der Waals surface area contributed by atoms with Gasteiger partial charge in [0.2, 0.25) is 0 Å². The van der Waals surface area contributed by atoms with Crippen molar-refractivity contribution in [2.24, 2.45) is 5.92 Å². The van der Waals surface area contributed by atoms with Crippen LogP contribution in [0.5, 0.6) is 0 Å². The highest BCUT2D eigenvalue weighted by molar-refractivity contribution is 5.39. The minimum atomic E-state index is 0.700. The Labute approximate surface area is 119 Å². The van der Waals surface area contributed by atoms with E-state index in [9.17, 15) is 0 Å². The van der Waals surface area contributed by atoms with Crippen molar-refractivity contribution in [1.82, 2.24) is 19.9 Å².